The molecule has 0 saturated carbocycles. The van der Waals surface area contributed by atoms with E-state index in [1.54, 1.807) is 0 Å². The maximum absolute atomic E-state index is 2.42. The number of hydrogen-bond donors (Lipinski definition) is 0. The molecule has 0 amide bonds. The summed E-state index contributed by atoms with van der Waals surface area (Å²) in [5.74, 6) is 0. The second kappa shape index (κ2) is 12.5. The van der Waals surface area contributed by atoms with Gasteiger partial charge in [0.05, 0.1) is 0 Å². The van der Waals surface area contributed by atoms with E-state index in [1.807, 2.05) is 11.3 Å². The van der Waals surface area contributed by atoms with Crippen LogP contribution in [0.4, 0.5) is 17.1 Å². The van der Waals surface area contributed by atoms with Crippen LogP contribution in [0.5, 0.6) is 0 Å². The van der Waals surface area contributed by atoms with E-state index in [1.165, 1.54) is 75.8 Å². The molecule has 0 spiro atoms. The number of thiophene rings is 1. The molecule has 1 aliphatic rings. The molecule has 2 heteroatoms. The van der Waals surface area contributed by atoms with E-state index in [4.69, 9.17) is 0 Å². The summed E-state index contributed by atoms with van der Waals surface area (Å²) in [4.78, 5) is 2.38. The molecule has 1 nitrogen and oxygen atoms in total. The minimum atomic E-state index is -0.0656. The molecule has 0 aliphatic heterocycles. The fourth-order valence-electron chi connectivity index (χ4n) is 8.38. The lowest BCUT2D eigenvalue weighted by molar-refractivity contribution is 0.660. The van der Waals surface area contributed by atoms with Crippen LogP contribution in [-0.4, -0.2) is 0 Å². The summed E-state index contributed by atoms with van der Waals surface area (Å²) in [6.07, 6.45) is 0. The van der Waals surface area contributed by atoms with Crippen molar-refractivity contribution < 1.29 is 0 Å². The Labute approximate surface area is 315 Å². The van der Waals surface area contributed by atoms with Crippen molar-refractivity contribution in [1.82, 2.24) is 0 Å². The Morgan fingerprint density at radius 2 is 0.943 bits per heavy atom. The number of hydrogen-bond acceptors (Lipinski definition) is 2. The zero-order valence-electron chi connectivity index (χ0n) is 29.8. The Morgan fingerprint density at radius 3 is 1.66 bits per heavy atom. The first-order chi connectivity index (χ1) is 26.0. The van der Waals surface area contributed by atoms with Gasteiger partial charge in [-0.25, -0.2) is 0 Å². The van der Waals surface area contributed by atoms with E-state index < -0.39 is 0 Å². The van der Waals surface area contributed by atoms with Crippen molar-refractivity contribution in [3.05, 3.63) is 199 Å². The van der Waals surface area contributed by atoms with Gasteiger partial charge in [-0.2, -0.15) is 0 Å². The third-order valence-electron chi connectivity index (χ3n) is 11.1. The van der Waals surface area contributed by atoms with Crippen LogP contribution >= 0.6 is 11.3 Å². The molecular weight excluding hydrogens is 659 g/mol. The van der Waals surface area contributed by atoms with Gasteiger partial charge in [0.2, 0.25) is 0 Å². The van der Waals surface area contributed by atoms with Crippen LogP contribution in [0.3, 0.4) is 0 Å². The van der Waals surface area contributed by atoms with Crippen molar-refractivity contribution in [2.75, 3.05) is 4.90 Å². The highest BCUT2D eigenvalue weighted by Crippen LogP contribution is 2.53. The zero-order chi connectivity index (χ0) is 35.5. The lowest BCUT2D eigenvalue weighted by Gasteiger charge is -2.26. The standard InChI is InChI=1S/C51H37NS/c1-51(2)46-31-24-38(32-45(46)50-42(17-11-18-47(50)51)37-14-7-4-8-15-37)36-22-27-40(28-23-36)52(39-25-20-35(21-26-39)34-12-5-3-6-13-34)41-29-30-44-43-16-9-10-19-48(43)53-49(44)33-41/h3-33H,1-2H3. The first kappa shape index (κ1) is 31.5. The molecule has 1 heterocycles. The second-order valence-corrected chi connectivity index (χ2v) is 15.6. The van der Waals surface area contributed by atoms with E-state index >= 15 is 0 Å². The number of benzene rings is 8. The average Bonchev–Trinajstić information content (AvgIpc) is 3.70. The molecule has 0 unspecified atom stereocenters. The molecule has 9 aromatic rings. The molecule has 1 aromatic heterocycles. The van der Waals surface area contributed by atoms with Gasteiger partial charge in [-0.1, -0.05) is 153 Å². The minimum Gasteiger partial charge on any atom is -0.310 e. The first-order valence-corrected chi connectivity index (χ1v) is 19.2. The second-order valence-electron chi connectivity index (χ2n) is 14.6. The average molecular weight is 696 g/mol. The summed E-state index contributed by atoms with van der Waals surface area (Å²) in [7, 11) is 0. The van der Waals surface area contributed by atoms with Crippen LogP contribution in [-0.2, 0) is 5.41 Å². The highest BCUT2D eigenvalue weighted by molar-refractivity contribution is 7.25. The van der Waals surface area contributed by atoms with Gasteiger partial charge in [-0.3, -0.25) is 0 Å². The van der Waals surface area contributed by atoms with Crippen molar-refractivity contribution in [3.8, 4) is 44.5 Å². The van der Waals surface area contributed by atoms with Gasteiger partial charge in [0.25, 0.3) is 0 Å². The highest BCUT2D eigenvalue weighted by atomic mass is 32.1. The van der Waals surface area contributed by atoms with E-state index in [-0.39, 0.29) is 5.41 Å². The van der Waals surface area contributed by atoms with Crippen molar-refractivity contribution in [1.29, 1.82) is 0 Å². The summed E-state index contributed by atoms with van der Waals surface area (Å²) in [6, 6.07) is 69.0. The van der Waals surface area contributed by atoms with Crippen LogP contribution in [0.2, 0.25) is 0 Å². The number of nitrogens with zero attached hydrogens (tertiary/aromatic N) is 1. The Kier molecular flexibility index (Phi) is 7.42. The third kappa shape index (κ3) is 5.29. The van der Waals surface area contributed by atoms with Gasteiger partial charge in [0.15, 0.2) is 0 Å². The van der Waals surface area contributed by atoms with Crippen molar-refractivity contribution in [2.45, 2.75) is 19.3 Å². The Bertz CT molecular complexity index is 2780. The topological polar surface area (TPSA) is 3.24 Å². The lowest BCUT2D eigenvalue weighted by atomic mass is 9.81. The molecule has 8 aromatic carbocycles. The van der Waals surface area contributed by atoms with Gasteiger partial charge in [-0.05, 0) is 104 Å². The summed E-state index contributed by atoms with van der Waals surface area (Å²) >= 11 is 1.86. The van der Waals surface area contributed by atoms with Crippen molar-refractivity contribution >= 4 is 48.6 Å². The van der Waals surface area contributed by atoms with Crippen LogP contribution in [0.1, 0.15) is 25.0 Å². The van der Waals surface area contributed by atoms with Gasteiger partial charge < -0.3 is 4.90 Å². The first-order valence-electron chi connectivity index (χ1n) is 18.3. The molecule has 252 valence electrons. The van der Waals surface area contributed by atoms with Gasteiger partial charge >= 0.3 is 0 Å². The largest absolute Gasteiger partial charge is 0.310 e. The Balaban J connectivity index is 1.06. The molecule has 53 heavy (non-hydrogen) atoms. The fraction of sp³-hybridized carbons (Fsp3) is 0.0588. The predicted molar refractivity (Wildman–Crippen MR) is 228 cm³/mol. The number of anilines is 3. The SMILES string of the molecule is CC1(C)c2ccc(-c3ccc(N(c4ccc(-c5ccccc5)cc4)c4ccc5c(c4)sc4ccccc45)cc3)cc2-c2c(-c3ccccc3)cccc21. The summed E-state index contributed by atoms with van der Waals surface area (Å²) in [6.45, 7) is 4.72. The smallest absolute Gasteiger partial charge is 0.0476 e. The highest BCUT2D eigenvalue weighted by Gasteiger charge is 2.37. The quantitative estimate of drug-likeness (QED) is 0.167. The molecule has 0 radical (unpaired) electrons. The van der Waals surface area contributed by atoms with Crippen molar-refractivity contribution in [3.63, 3.8) is 0 Å². The monoisotopic (exact) mass is 695 g/mol. The maximum Gasteiger partial charge on any atom is 0.0476 e. The van der Waals surface area contributed by atoms with Gasteiger partial charge in [0, 0.05) is 42.6 Å². The molecule has 0 fully saturated rings. The zero-order valence-corrected chi connectivity index (χ0v) is 30.6. The molecular formula is C51H37NS. The molecule has 0 bridgehead atoms. The van der Waals surface area contributed by atoms with Crippen LogP contribution in [0, 0.1) is 0 Å². The minimum absolute atomic E-state index is 0.0656. The Hall–Kier alpha value is -6.22. The number of fused-ring (bicyclic) bond motifs is 6. The van der Waals surface area contributed by atoms with E-state index in [2.05, 4.69) is 207 Å². The maximum atomic E-state index is 2.42. The molecule has 0 atom stereocenters. The normalized spacial score (nSPS) is 12.9. The number of rotatable bonds is 6. The summed E-state index contributed by atoms with van der Waals surface area (Å²) in [5.41, 5.74) is 16.2. The van der Waals surface area contributed by atoms with Crippen molar-refractivity contribution in [2.24, 2.45) is 0 Å². The van der Waals surface area contributed by atoms with E-state index in [0.29, 0.717) is 0 Å². The lowest BCUT2D eigenvalue weighted by Crippen LogP contribution is -2.14. The molecule has 0 saturated heterocycles. The summed E-state index contributed by atoms with van der Waals surface area (Å²) < 4.78 is 2.61. The van der Waals surface area contributed by atoms with Crippen LogP contribution in [0.25, 0.3) is 64.7 Å². The van der Waals surface area contributed by atoms with Crippen LogP contribution < -0.4 is 4.90 Å². The van der Waals surface area contributed by atoms with E-state index in [9.17, 15) is 0 Å². The van der Waals surface area contributed by atoms with Crippen LogP contribution in [0.15, 0.2) is 188 Å². The molecule has 10 rings (SSSR count). The third-order valence-corrected chi connectivity index (χ3v) is 12.2. The Morgan fingerprint density at radius 1 is 0.377 bits per heavy atom. The molecule has 1 aliphatic carbocycles. The van der Waals surface area contributed by atoms with Gasteiger partial charge in [0.1, 0.15) is 0 Å². The molecule has 0 N–H and O–H groups in total. The predicted octanol–water partition coefficient (Wildman–Crippen LogP) is 14.8. The van der Waals surface area contributed by atoms with Gasteiger partial charge in [-0.15, -0.1) is 11.3 Å². The fourth-order valence-corrected chi connectivity index (χ4v) is 9.52. The van der Waals surface area contributed by atoms with E-state index in [0.717, 1.165) is 17.1 Å². The summed E-state index contributed by atoms with van der Waals surface area (Å²) in [5, 5.41) is 2.62.